The number of Topliss-reactive ketones (excluding diaryl/α,β-unsaturated/α-hetero) is 2. The van der Waals surface area contributed by atoms with Crippen molar-refractivity contribution in [3.05, 3.63) is 12.2 Å². The minimum Gasteiger partial charge on any atom is -0.396 e. The van der Waals surface area contributed by atoms with E-state index in [1.165, 1.54) is 0 Å². The lowest BCUT2D eigenvalue weighted by Crippen LogP contribution is -2.45. The summed E-state index contributed by atoms with van der Waals surface area (Å²) in [6.45, 7) is 7.23. The molecule has 0 saturated heterocycles. The van der Waals surface area contributed by atoms with Crippen LogP contribution < -0.4 is 0 Å². The molecular formula is C18H30O4. The SMILES string of the molecule is C/C=C/C[C@@H](C)[C@@H](O)[C@H]1C(=O)C(C)[C@H](CO)C(=O)CCC1C. The summed E-state index contributed by atoms with van der Waals surface area (Å²) < 4.78 is 0. The molecule has 0 bridgehead atoms. The standard InChI is InChI=1S/C18H30O4/c1-5-6-7-12(3)17(21)16-11(2)8-9-15(20)14(10-19)13(4)18(16)22/h5-6,11-14,16-17,19,21H,7-10H2,1-4H3/b6-5+/t11?,12-,13?,14+,16+,17-/m1/s1. The van der Waals surface area contributed by atoms with Gasteiger partial charge in [0.05, 0.1) is 18.6 Å². The van der Waals surface area contributed by atoms with Gasteiger partial charge in [-0.1, -0.05) is 32.9 Å². The van der Waals surface area contributed by atoms with Crippen molar-refractivity contribution in [2.75, 3.05) is 6.61 Å². The predicted octanol–water partition coefficient (Wildman–Crippen LogP) is 2.38. The first-order valence-corrected chi connectivity index (χ1v) is 8.31. The van der Waals surface area contributed by atoms with E-state index in [0.29, 0.717) is 12.8 Å². The first kappa shape index (κ1) is 19.0. The van der Waals surface area contributed by atoms with E-state index in [0.717, 1.165) is 6.42 Å². The van der Waals surface area contributed by atoms with Crippen molar-refractivity contribution in [3.63, 3.8) is 0 Å². The zero-order valence-corrected chi connectivity index (χ0v) is 14.2. The molecule has 0 spiro atoms. The second kappa shape index (κ2) is 8.59. The summed E-state index contributed by atoms with van der Waals surface area (Å²) in [7, 11) is 0. The van der Waals surface area contributed by atoms with E-state index >= 15 is 0 Å². The average molecular weight is 310 g/mol. The molecular weight excluding hydrogens is 280 g/mol. The van der Waals surface area contributed by atoms with Gasteiger partial charge in [0.15, 0.2) is 0 Å². The number of hydrogen-bond donors (Lipinski definition) is 2. The molecule has 1 aliphatic rings. The first-order chi connectivity index (χ1) is 10.3. The molecule has 4 nitrogen and oxygen atoms in total. The molecule has 1 saturated carbocycles. The largest absolute Gasteiger partial charge is 0.396 e. The fraction of sp³-hybridized carbons (Fsp3) is 0.778. The Morgan fingerprint density at radius 3 is 2.50 bits per heavy atom. The highest BCUT2D eigenvalue weighted by atomic mass is 16.3. The van der Waals surface area contributed by atoms with Crippen LogP contribution in [-0.4, -0.2) is 34.5 Å². The van der Waals surface area contributed by atoms with Crippen LogP contribution in [-0.2, 0) is 9.59 Å². The number of hydrogen-bond acceptors (Lipinski definition) is 4. The lowest BCUT2D eigenvalue weighted by molar-refractivity contribution is -0.143. The summed E-state index contributed by atoms with van der Waals surface area (Å²) in [6, 6.07) is 0. The maximum Gasteiger partial charge on any atom is 0.142 e. The summed E-state index contributed by atoms with van der Waals surface area (Å²) in [5.74, 6) is -1.78. The second-order valence-corrected chi connectivity index (χ2v) is 6.76. The van der Waals surface area contributed by atoms with Gasteiger partial charge < -0.3 is 10.2 Å². The first-order valence-electron chi connectivity index (χ1n) is 8.31. The van der Waals surface area contributed by atoms with Crippen LogP contribution in [0.4, 0.5) is 0 Å². The maximum atomic E-state index is 12.8. The zero-order valence-electron chi connectivity index (χ0n) is 14.2. The molecule has 0 aromatic heterocycles. The smallest absolute Gasteiger partial charge is 0.142 e. The Kier molecular flexibility index (Phi) is 7.43. The molecule has 2 N–H and O–H groups in total. The van der Waals surface area contributed by atoms with Gasteiger partial charge in [-0.15, -0.1) is 0 Å². The van der Waals surface area contributed by atoms with E-state index < -0.39 is 23.9 Å². The Morgan fingerprint density at radius 1 is 1.32 bits per heavy atom. The molecule has 0 amide bonds. The third-order valence-electron chi connectivity index (χ3n) is 5.14. The number of rotatable bonds is 5. The zero-order chi connectivity index (χ0) is 16.9. The Labute approximate surface area is 133 Å². The third kappa shape index (κ3) is 4.26. The molecule has 22 heavy (non-hydrogen) atoms. The molecule has 1 aliphatic carbocycles. The van der Waals surface area contributed by atoms with Crippen LogP contribution in [0.3, 0.4) is 0 Å². The summed E-state index contributed by atoms with van der Waals surface area (Å²) in [6.07, 6.45) is 4.91. The van der Waals surface area contributed by atoms with Crippen molar-refractivity contribution in [1.82, 2.24) is 0 Å². The molecule has 2 unspecified atom stereocenters. The van der Waals surface area contributed by atoms with Gasteiger partial charge in [-0.25, -0.2) is 0 Å². The highest BCUT2D eigenvalue weighted by molar-refractivity contribution is 5.92. The molecule has 1 rings (SSSR count). The van der Waals surface area contributed by atoms with Crippen molar-refractivity contribution in [3.8, 4) is 0 Å². The van der Waals surface area contributed by atoms with E-state index in [-0.39, 0.29) is 30.0 Å². The molecule has 4 heteroatoms. The second-order valence-electron chi connectivity index (χ2n) is 6.76. The molecule has 0 heterocycles. The van der Waals surface area contributed by atoms with Crippen LogP contribution in [0.25, 0.3) is 0 Å². The normalized spacial score (nSPS) is 33.5. The molecule has 6 atom stereocenters. The summed E-state index contributed by atoms with van der Waals surface area (Å²) >= 11 is 0. The number of carbonyl (C=O) groups is 2. The fourth-order valence-electron chi connectivity index (χ4n) is 3.40. The van der Waals surface area contributed by atoms with E-state index in [9.17, 15) is 19.8 Å². The number of carbonyl (C=O) groups excluding carboxylic acids is 2. The quantitative estimate of drug-likeness (QED) is 0.765. The van der Waals surface area contributed by atoms with Crippen molar-refractivity contribution < 1.29 is 19.8 Å². The van der Waals surface area contributed by atoms with Crippen LogP contribution in [0.2, 0.25) is 0 Å². The van der Waals surface area contributed by atoms with E-state index in [4.69, 9.17) is 0 Å². The molecule has 126 valence electrons. The predicted molar refractivity (Wildman–Crippen MR) is 86.2 cm³/mol. The van der Waals surface area contributed by atoms with Gasteiger partial charge in [-0.05, 0) is 31.6 Å². The van der Waals surface area contributed by atoms with Gasteiger partial charge in [0.1, 0.15) is 11.6 Å². The number of aliphatic hydroxyl groups is 2. The van der Waals surface area contributed by atoms with Gasteiger partial charge >= 0.3 is 0 Å². The number of ketones is 2. The number of aliphatic hydroxyl groups excluding tert-OH is 2. The number of allylic oxidation sites excluding steroid dienone is 2. The third-order valence-corrected chi connectivity index (χ3v) is 5.14. The highest BCUT2D eigenvalue weighted by Gasteiger charge is 2.42. The van der Waals surface area contributed by atoms with Crippen LogP contribution in [0, 0.1) is 29.6 Å². The van der Waals surface area contributed by atoms with Crippen molar-refractivity contribution in [2.24, 2.45) is 29.6 Å². The van der Waals surface area contributed by atoms with E-state index in [1.807, 2.05) is 32.9 Å². The monoisotopic (exact) mass is 310 g/mol. The minimum atomic E-state index is -0.714. The minimum absolute atomic E-state index is 0.0116. The molecule has 0 radical (unpaired) electrons. The van der Waals surface area contributed by atoms with Crippen molar-refractivity contribution >= 4 is 11.6 Å². The highest BCUT2D eigenvalue weighted by Crippen LogP contribution is 2.34. The van der Waals surface area contributed by atoms with Gasteiger partial charge in [-0.2, -0.15) is 0 Å². The summed E-state index contributed by atoms with van der Waals surface area (Å²) in [4.78, 5) is 24.9. The van der Waals surface area contributed by atoms with Crippen molar-refractivity contribution in [1.29, 1.82) is 0 Å². The van der Waals surface area contributed by atoms with Crippen LogP contribution in [0.15, 0.2) is 12.2 Å². The Morgan fingerprint density at radius 2 is 1.95 bits per heavy atom. The van der Waals surface area contributed by atoms with Crippen LogP contribution >= 0.6 is 0 Å². The topological polar surface area (TPSA) is 74.6 Å². The van der Waals surface area contributed by atoms with Gasteiger partial charge in [-0.3, -0.25) is 9.59 Å². The fourth-order valence-corrected chi connectivity index (χ4v) is 3.40. The van der Waals surface area contributed by atoms with Crippen LogP contribution in [0.5, 0.6) is 0 Å². The Hall–Kier alpha value is -1.00. The van der Waals surface area contributed by atoms with E-state index in [1.54, 1.807) is 6.92 Å². The van der Waals surface area contributed by atoms with Gasteiger partial charge in [0, 0.05) is 18.3 Å². The lowest BCUT2D eigenvalue weighted by atomic mass is 9.69. The van der Waals surface area contributed by atoms with Crippen molar-refractivity contribution in [2.45, 2.75) is 53.1 Å². The molecule has 0 aromatic carbocycles. The Balaban J connectivity index is 2.99. The molecule has 1 fully saturated rings. The lowest BCUT2D eigenvalue weighted by Gasteiger charge is -2.36. The Bertz CT molecular complexity index is 415. The summed E-state index contributed by atoms with van der Waals surface area (Å²) in [5, 5.41) is 20.1. The van der Waals surface area contributed by atoms with Gasteiger partial charge in [0.25, 0.3) is 0 Å². The van der Waals surface area contributed by atoms with E-state index in [2.05, 4.69) is 0 Å². The average Bonchev–Trinajstić information content (AvgIpc) is 2.50. The molecule has 0 aromatic rings. The molecule has 0 aliphatic heterocycles. The van der Waals surface area contributed by atoms with Crippen LogP contribution in [0.1, 0.15) is 47.0 Å². The maximum absolute atomic E-state index is 12.8. The summed E-state index contributed by atoms with van der Waals surface area (Å²) in [5.41, 5.74) is 0. The van der Waals surface area contributed by atoms with Gasteiger partial charge in [0.2, 0.25) is 0 Å².